The molecule has 0 saturated carbocycles. The van der Waals surface area contributed by atoms with Crippen LogP contribution in [-0.4, -0.2) is 25.0 Å². The topological polar surface area (TPSA) is 67.4 Å². The fourth-order valence-corrected chi connectivity index (χ4v) is 1.16. The highest BCUT2D eigenvalue weighted by Gasteiger charge is 2.05. The van der Waals surface area contributed by atoms with Crippen LogP contribution in [0.2, 0.25) is 0 Å². The molecule has 0 aliphatic carbocycles. The van der Waals surface area contributed by atoms with Crippen molar-refractivity contribution in [2.75, 3.05) is 13.2 Å². The first-order valence-electron chi connectivity index (χ1n) is 5.46. The second-order valence-corrected chi connectivity index (χ2v) is 3.32. The molecule has 0 saturated heterocycles. The average Bonchev–Trinajstić information content (AvgIpc) is 2.37. The van der Waals surface area contributed by atoms with Gasteiger partial charge in [-0.2, -0.15) is 0 Å². The van der Waals surface area contributed by atoms with Crippen LogP contribution in [0.5, 0.6) is 0 Å². The fourth-order valence-electron chi connectivity index (χ4n) is 1.16. The summed E-state index contributed by atoms with van der Waals surface area (Å²) in [5.74, 6) is -0.613. The van der Waals surface area contributed by atoms with Crippen LogP contribution in [0.25, 0.3) is 0 Å². The molecule has 1 aromatic rings. The van der Waals surface area contributed by atoms with Crippen LogP contribution < -0.4 is 10.9 Å². The highest BCUT2D eigenvalue weighted by Crippen LogP contribution is 1.96. The fraction of sp³-hybridized carbons (Fsp3) is 0.333. The van der Waals surface area contributed by atoms with Gasteiger partial charge in [-0.25, -0.2) is 0 Å². The van der Waals surface area contributed by atoms with Crippen LogP contribution in [0.1, 0.15) is 23.7 Å². The molecule has 17 heavy (non-hydrogen) atoms. The molecule has 2 N–H and O–H groups in total. The molecule has 0 aromatic heterocycles. The van der Waals surface area contributed by atoms with Crippen molar-refractivity contribution >= 4 is 11.8 Å². The number of hydrogen-bond acceptors (Lipinski definition) is 3. The third-order valence-corrected chi connectivity index (χ3v) is 2.03. The lowest BCUT2D eigenvalue weighted by molar-refractivity contribution is -0.122. The summed E-state index contributed by atoms with van der Waals surface area (Å²) in [6, 6.07) is 8.67. The second-order valence-electron chi connectivity index (χ2n) is 3.32. The molecule has 92 valence electrons. The van der Waals surface area contributed by atoms with E-state index in [2.05, 4.69) is 10.9 Å². The monoisotopic (exact) mass is 236 g/mol. The van der Waals surface area contributed by atoms with E-state index in [-0.39, 0.29) is 18.2 Å². The molecule has 0 heterocycles. The average molecular weight is 236 g/mol. The van der Waals surface area contributed by atoms with Gasteiger partial charge in [0.2, 0.25) is 5.91 Å². The lowest BCUT2D eigenvalue weighted by Gasteiger charge is -2.07. The molecule has 0 aliphatic heterocycles. The summed E-state index contributed by atoms with van der Waals surface area (Å²) in [6.07, 6.45) is 0.225. The molecule has 0 bridgehead atoms. The minimum Gasteiger partial charge on any atom is -0.381 e. The normalized spacial score (nSPS) is 9.71. The predicted octanol–water partition coefficient (Wildman–Crippen LogP) is 0.874. The van der Waals surface area contributed by atoms with Gasteiger partial charge in [-0.05, 0) is 19.1 Å². The van der Waals surface area contributed by atoms with Crippen LogP contribution in [0.15, 0.2) is 30.3 Å². The molecule has 2 amide bonds. The Hall–Kier alpha value is -1.88. The Labute approximate surface area is 100 Å². The van der Waals surface area contributed by atoms with Crippen LogP contribution in [0.4, 0.5) is 0 Å². The molecule has 0 radical (unpaired) electrons. The van der Waals surface area contributed by atoms with E-state index in [0.29, 0.717) is 18.8 Å². The molecule has 0 unspecified atom stereocenters. The maximum Gasteiger partial charge on any atom is 0.269 e. The van der Waals surface area contributed by atoms with Crippen molar-refractivity contribution in [3.05, 3.63) is 35.9 Å². The number of ether oxygens (including phenoxy) is 1. The highest BCUT2D eigenvalue weighted by atomic mass is 16.5. The van der Waals surface area contributed by atoms with Crippen molar-refractivity contribution < 1.29 is 14.3 Å². The number of rotatable bonds is 5. The molecule has 5 heteroatoms. The van der Waals surface area contributed by atoms with Gasteiger partial charge >= 0.3 is 0 Å². The van der Waals surface area contributed by atoms with Gasteiger partial charge in [-0.15, -0.1) is 0 Å². The van der Waals surface area contributed by atoms with Crippen LogP contribution >= 0.6 is 0 Å². The predicted molar refractivity (Wildman–Crippen MR) is 63.2 cm³/mol. The molecule has 1 aromatic carbocycles. The van der Waals surface area contributed by atoms with Crippen molar-refractivity contribution in [3.8, 4) is 0 Å². The maximum atomic E-state index is 11.5. The van der Waals surface area contributed by atoms with Gasteiger partial charge in [-0.3, -0.25) is 20.4 Å². The summed E-state index contributed by atoms with van der Waals surface area (Å²) < 4.78 is 5.02. The minimum absolute atomic E-state index is 0.225. The molecular formula is C12H16N2O3. The lowest BCUT2D eigenvalue weighted by Crippen LogP contribution is -2.41. The van der Waals surface area contributed by atoms with Gasteiger partial charge in [-0.1, -0.05) is 18.2 Å². The van der Waals surface area contributed by atoms with Crippen molar-refractivity contribution in [2.24, 2.45) is 0 Å². The quantitative estimate of drug-likeness (QED) is 0.589. The minimum atomic E-state index is -0.338. The van der Waals surface area contributed by atoms with E-state index >= 15 is 0 Å². The van der Waals surface area contributed by atoms with E-state index in [4.69, 9.17) is 4.74 Å². The molecule has 0 fully saturated rings. The van der Waals surface area contributed by atoms with Crippen molar-refractivity contribution in [1.29, 1.82) is 0 Å². The number of nitrogens with one attached hydrogen (secondary N) is 2. The van der Waals surface area contributed by atoms with Gasteiger partial charge in [0.15, 0.2) is 0 Å². The summed E-state index contributed by atoms with van der Waals surface area (Å²) in [7, 11) is 0. The van der Waals surface area contributed by atoms with Gasteiger partial charge in [0, 0.05) is 12.2 Å². The Bertz CT molecular complexity index is 365. The van der Waals surface area contributed by atoms with Gasteiger partial charge in [0.25, 0.3) is 5.91 Å². The highest BCUT2D eigenvalue weighted by molar-refractivity contribution is 5.95. The molecule has 0 spiro atoms. The first-order valence-corrected chi connectivity index (χ1v) is 5.46. The Morgan fingerprint density at radius 2 is 1.88 bits per heavy atom. The van der Waals surface area contributed by atoms with Crippen LogP contribution in [0.3, 0.4) is 0 Å². The molecule has 5 nitrogen and oxygen atoms in total. The number of benzene rings is 1. The third-order valence-electron chi connectivity index (χ3n) is 2.03. The SMILES string of the molecule is CCOCCC(=O)NNC(=O)c1ccccc1. The van der Waals surface area contributed by atoms with Crippen LogP contribution in [0, 0.1) is 0 Å². The van der Waals surface area contributed by atoms with Gasteiger partial charge in [0.05, 0.1) is 13.0 Å². The zero-order chi connectivity index (χ0) is 12.5. The van der Waals surface area contributed by atoms with Gasteiger partial charge in [0.1, 0.15) is 0 Å². The summed E-state index contributed by atoms with van der Waals surface area (Å²) in [5, 5.41) is 0. The Morgan fingerprint density at radius 1 is 1.18 bits per heavy atom. The zero-order valence-corrected chi connectivity index (χ0v) is 9.73. The first-order chi connectivity index (χ1) is 8.24. The van der Waals surface area contributed by atoms with E-state index in [1.165, 1.54) is 0 Å². The molecule has 0 atom stereocenters. The smallest absolute Gasteiger partial charge is 0.269 e. The van der Waals surface area contributed by atoms with Crippen molar-refractivity contribution in [2.45, 2.75) is 13.3 Å². The summed E-state index contributed by atoms with van der Waals surface area (Å²) in [4.78, 5) is 22.8. The number of carbonyl (C=O) groups is 2. The molecule has 1 rings (SSSR count). The van der Waals surface area contributed by atoms with E-state index in [0.717, 1.165) is 0 Å². The number of carbonyl (C=O) groups excluding carboxylic acids is 2. The number of hydrogen-bond donors (Lipinski definition) is 2. The first kappa shape index (κ1) is 13.2. The van der Waals surface area contributed by atoms with E-state index in [9.17, 15) is 9.59 Å². The summed E-state index contributed by atoms with van der Waals surface area (Å²) >= 11 is 0. The standard InChI is InChI=1S/C12H16N2O3/c1-2-17-9-8-11(15)13-14-12(16)10-6-4-3-5-7-10/h3-7H,2,8-9H2,1H3,(H,13,15)(H,14,16). The number of hydrazine groups is 1. The van der Waals surface area contributed by atoms with E-state index in [1.54, 1.807) is 24.3 Å². The molecule has 0 aliphatic rings. The molecular weight excluding hydrogens is 220 g/mol. The Kier molecular flexibility index (Phi) is 5.74. The van der Waals surface area contributed by atoms with Crippen LogP contribution in [-0.2, 0) is 9.53 Å². The van der Waals surface area contributed by atoms with Crippen molar-refractivity contribution in [1.82, 2.24) is 10.9 Å². The lowest BCUT2D eigenvalue weighted by atomic mass is 10.2. The summed E-state index contributed by atoms with van der Waals surface area (Å²) in [5.41, 5.74) is 5.15. The largest absolute Gasteiger partial charge is 0.381 e. The van der Waals surface area contributed by atoms with E-state index < -0.39 is 0 Å². The summed E-state index contributed by atoms with van der Waals surface area (Å²) in [6.45, 7) is 2.78. The van der Waals surface area contributed by atoms with Crippen molar-refractivity contribution in [3.63, 3.8) is 0 Å². The Balaban J connectivity index is 2.26. The Morgan fingerprint density at radius 3 is 2.53 bits per heavy atom. The number of amides is 2. The zero-order valence-electron chi connectivity index (χ0n) is 9.73. The second kappa shape index (κ2) is 7.40. The van der Waals surface area contributed by atoms with Gasteiger partial charge < -0.3 is 4.74 Å². The third kappa shape index (κ3) is 5.12. The van der Waals surface area contributed by atoms with E-state index in [1.807, 2.05) is 13.0 Å². The maximum absolute atomic E-state index is 11.5.